The third-order valence-corrected chi connectivity index (χ3v) is 8.98. The normalized spacial score (nSPS) is 29.4. The lowest BCUT2D eigenvalue weighted by molar-refractivity contribution is -0.137. The van der Waals surface area contributed by atoms with Crippen LogP contribution >= 0.6 is 11.6 Å². The molecule has 5 nitrogen and oxygen atoms in total. The average molecular weight is 514 g/mol. The van der Waals surface area contributed by atoms with E-state index in [1.165, 1.54) is 5.56 Å². The number of hydrogen-bond acceptors (Lipinski definition) is 3. The minimum absolute atomic E-state index is 0.00389. The van der Waals surface area contributed by atoms with Gasteiger partial charge in [-0.1, -0.05) is 37.2 Å². The molecule has 36 heavy (non-hydrogen) atoms. The summed E-state index contributed by atoms with van der Waals surface area (Å²) in [5, 5.41) is 0.717. The number of amides is 2. The number of benzene rings is 1. The zero-order valence-electron chi connectivity index (χ0n) is 22.8. The van der Waals surface area contributed by atoms with E-state index in [-0.39, 0.29) is 41.3 Å². The van der Waals surface area contributed by atoms with Crippen LogP contribution in [0.15, 0.2) is 36.4 Å². The Morgan fingerprint density at radius 1 is 0.972 bits per heavy atom. The lowest BCUT2D eigenvalue weighted by Crippen LogP contribution is -2.50. The Morgan fingerprint density at radius 3 is 2.19 bits per heavy atom. The minimum Gasteiger partial charge on any atom is -0.340 e. The van der Waals surface area contributed by atoms with Crippen LogP contribution in [0.5, 0.6) is 0 Å². The van der Waals surface area contributed by atoms with E-state index >= 15 is 0 Å². The number of nitrogens with zero attached hydrogens (tertiary/aromatic N) is 3. The van der Waals surface area contributed by atoms with Gasteiger partial charge in [0.25, 0.3) is 0 Å². The lowest BCUT2D eigenvalue weighted by atomic mass is 9.85. The highest BCUT2D eigenvalue weighted by molar-refractivity contribution is 6.30. The van der Waals surface area contributed by atoms with Gasteiger partial charge < -0.3 is 9.80 Å². The summed E-state index contributed by atoms with van der Waals surface area (Å²) in [6, 6.07) is 8.33. The fraction of sp³-hybridized carbons (Fsp3) is 0.667. The van der Waals surface area contributed by atoms with Crippen molar-refractivity contribution in [2.24, 2.45) is 11.8 Å². The van der Waals surface area contributed by atoms with E-state index in [9.17, 15) is 9.59 Å². The predicted molar refractivity (Wildman–Crippen MR) is 147 cm³/mol. The maximum absolute atomic E-state index is 14.0. The minimum atomic E-state index is -0.0926. The van der Waals surface area contributed by atoms with Crippen molar-refractivity contribution in [1.29, 1.82) is 0 Å². The van der Waals surface area contributed by atoms with Gasteiger partial charge in [0.05, 0.1) is 12.0 Å². The summed E-state index contributed by atoms with van der Waals surface area (Å²) in [6.07, 6.45) is 5.26. The van der Waals surface area contributed by atoms with Crippen molar-refractivity contribution < 1.29 is 9.59 Å². The van der Waals surface area contributed by atoms with Crippen molar-refractivity contribution >= 4 is 23.4 Å². The number of rotatable bonds is 5. The molecule has 2 heterocycles. The number of carbonyl (C=O) groups excluding carboxylic acids is 2. The molecule has 1 aromatic rings. The Bertz CT molecular complexity index is 961. The topological polar surface area (TPSA) is 43.9 Å². The van der Waals surface area contributed by atoms with E-state index in [0.29, 0.717) is 23.7 Å². The second kappa shape index (κ2) is 10.9. The Hall–Kier alpha value is -1.85. The Morgan fingerprint density at radius 2 is 1.61 bits per heavy atom. The van der Waals surface area contributed by atoms with Crippen molar-refractivity contribution in [1.82, 2.24) is 14.7 Å². The van der Waals surface area contributed by atoms with Gasteiger partial charge in [-0.2, -0.15) is 0 Å². The lowest BCUT2D eigenvalue weighted by Gasteiger charge is -2.40. The smallest absolute Gasteiger partial charge is 0.249 e. The number of halogens is 1. The van der Waals surface area contributed by atoms with Gasteiger partial charge in [-0.3, -0.25) is 14.5 Å². The highest BCUT2D eigenvalue weighted by Gasteiger charge is 2.45. The third kappa shape index (κ3) is 5.83. The molecule has 0 bridgehead atoms. The molecule has 1 aliphatic carbocycles. The molecule has 2 saturated heterocycles. The van der Waals surface area contributed by atoms with Gasteiger partial charge in [-0.25, -0.2) is 0 Å². The van der Waals surface area contributed by atoms with Crippen LogP contribution in [0.1, 0.15) is 78.2 Å². The van der Waals surface area contributed by atoms with Crippen LogP contribution in [-0.2, 0) is 9.59 Å². The molecule has 0 spiro atoms. The van der Waals surface area contributed by atoms with E-state index in [0.717, 1.165) is 51.1 Å². The first-order chi connectivity index (χ1) is 17.0. The molecule has 6 heteroatoms. The van der Waals surface area contributed by atoms with Gasteiger partial charge in [0.15, 0.2) is 0 Å². The predicted octanol–water partition coefficient (Wildman–Crippen LogP) is 5.74. The third-order valence-electron chi connectivity index (χ3n) is 8.73. The van der Waals surface area contributed by atoms with Crippen LogP contribution in [0, 0.1) is 11.8 Å². The molecule has 1 aromatic carbocycles. The molecule has 198 valence electrons. The molecule has 0 aromatic heterocycles. The summed E-state index contributed by atoms with van der Waals surface area (Å²) in [5.41, 5.74) is 1.77. The van der Waals surface area contributed by atoms with E-state index in [1.807, 2.05) is 24.0 Å². The van der Waals surface area contributed by atoms with Crippen molar-refractivity contribution in [2.45, 2.75) is 90.3 Å². The highest BCUT2D eigenvalue weighted by atomic mass is 35.5. The molecule has 3 atom stereocenters. The molecule has 0 unspecified atom stereocenters. The second-order valence-electron chi connectivity index (χ2n) is 12.5. The van der Waals surface area contributed by atoms with Crippen molar-refractivity contribution in [3.8, 4) is 0 Å². The van der Waals surface area contributed by atoms with Gasteiger partial charge in [-0.05, 0) is 83.4 Å². The first kappa shape index (κ1) is 27.2. The monoisotopic (exact) mass is 513 g/mol. The largest absolute Gasteiger partial charge is 0.340 e. The maximum Gasteiger partial charge on any atom is 0.249 e. The zero-order chi connectivity index (χ0) is 26.2. The molecule has 0 radical (unpaired) electrons. The average Bonchev–Trinajstić information content (AvgIpc) is 3.48. The number of hydrogen-bond donors (Lipinski definition) is 0. The first-order valence-corrected chi connectivity index (χ1v) is 14.1. The van der Waals surface area contributed by atoms with E-state index in [1.54, 1.807) is 0 Å². The second-order valence-corrected chi connectivity index (χ2v) is 12.9. The Kier molecular flexibility index (Phi) is 8.21. The summed E-state index contributed by atoms with van der Waals surface area (Å²) in [5.74, 6) is 1.06. The SMILES string of the molecule is C=C(C)C(=O)N(C1CCC(C)CC1)[C@H]1CCN(C(=O)[C@@H]2CN(C(C)(C)C)C[C@H]2c2ccc(Cl)cc2)C1. The highest BCUT2D eigenvalue weighted by Crippen LogP contribution is 2.39. The molecule has 4 rings (SSSR count). The van der Waals surface area contributed by atoms with Crippen LogP contribution < -0.4 is 0 Å². The molecule has 0 N–H and O–H groups in total. The number of carbonyl (C=O) groups is 2. The fourth-order valence-corrected chi connectivity index (χ4v) is 6.55. The molecular formula is C30H44ClN3O2. The summed E-state index contributed by atoms with van der Waals surface area (Å²) >= 11 is 6.16. The van der Waals surface area contributed by atoms with Gasteiger partial charge >= 0.3 is 0 Å². The Labute approximate surface area is 222 Å². The van der Waals surface area contributed by atoms with Crippen molar-refractivity contribution in [3.05, 3.63) is 47.0 Å². The zero-order valence-corrected chi connectivity index (χ0v) is 23.6. The van der Waals surface area contributed by atoms with Gasteiger partial charge in [-0.15, -0.1) is 0 Å². The van der Waals surface area contributed by atoms with Crippen molar-refractivity contribution in [2.75, 3.05) is 26.2 Å². The van der Waals surface area contributed by atoms with E-state index in [4.69, 9.17) is 11.6 Å². The van der Waals surface area contributed by atoms with Crippen LogP contribution in [0.4, 0.5) is 0 Å². The van der Waals surface area contributed by atoms with Crippen LogP contribution in [0.3, 0.4) is 0 Å². The van der Waals surface area contributed by atoms with Gasteiger partial charge in [0.2, 0.25) is 11.8 Å². The first-order valence-electron chi connectivity index (χ1n) is 13.7. The molecule has 3 fully saturated rings. The summed E-state index contributed by atoms with van der Waals surface area (Å²) < 4.78 is 0. The quantitative estimate of drug-likeness (QED) is 0.472. The van der Waals surface area contributed by atoms with Crippen LogP contribution in [-0.4, -0.2) is 70.3 Å². The summed E-state index contributed by atoms with van der Waals surface area (Å²) in [7, 11) is 0. The molecule has 2 amide bonds. The van der Waals surface area contributed by atoms with Crippen LogP contribution in [0.25, 0.3) is 0 Å². The van der Waals surface area contributed by atoms with E-state index < -0.39 is 0 Å². The van der Waals surface area contributed by atoms with Crippen molar-refractivity contribution in [3.63, 3.8) is 0 Å². The fourth-order valence-electron chi connectivity index (χ4n) is 6.42. The molecule has 1 saturated carbocycles. The standard InChI is InChI=1S/C30H44ClN3O2/c1-20(2)28(35)34(24-13-7-21(3)8-14-24)25-15-16-32(17-25)29(36)27-19-33(30(4,5)6)18-26(27)22-9-11-23(31)12-10-22/h9-12,21,24-27H,1,7-8,13-19H2,2-6H3/t21?,24?,25-,26-,27+/m0/s1. The Balaban J connectivity index is 1.52. The maximum atomic E-state index is 14.0. The molecule has 2 aliphatic heterocycles. The molecule has 3 aliphatic rings. The van der Waals surface area contributed by atoms with Crippen LogP contribution in [0.2, 0.25) is 5.02 Å². The van der Waals surface area contributed by atoms with Gasteiger partial charge in [0.1, 0.15) is 0 Å². The molecular weight excluding hydrogens is 470 g/mol. The number of likely N-dealkylation sites (tertiary alicyclic amines) is 2. The van der Waals surface area contributed by atoms with E-state index in [2.05, 4.69) is 56.2 Å². The summed E-state index contributed by atoms with van der Waals surface area (Å²) in [4.78, 5) is 33.9. The van der Waals surface area contributed by atoms with Gasteiger partial charge in [0, 0.05) is 54.3 Å². The summed E-state index contributed by atoms with van der Waals surface area (Å²) in [6.45, 7) is 17.7.